The van der Waals surface area contributed by atoms with Crippen molar-refractivity contribution in [1.29, 1.82) is 0 Å². The molecule has 4 aromatic heterocycles. The second kappa shape index (κ2) is 5.63. The summed E-state index contributed by atoms with van der Waals surface area (Å²) < 4.78 is 11.3. The molecule has 4 rings (SSSR count). The zero-order valence-electron chi connectivity index (χ0n) is 13.6. The molecule has 0 radical (unpaired) electrons. The highest BCUT2D eigenvalue weighted by Gasteiger charge is 2.17. The molecule has 0 fully saturated rings. The van der Waals surface area contributed by atoms with Gasteiger partial charge in [-0.2, -0.15) is 9.97 Å². The highest BCUT2D eigenvalue weighted by atomic mass is 16.4. The summed E-state index contributed by atoms with van der Waals surface area (Å²) in [6.07, 6.45) is 5.42. The van der Waals surface area contributed by atoms with E-state index < -0.39 is 0 Å². The van der Waals surface area contributed by atoms with Crippen LogP contribution in [0.4, 0.5) is 0 Å². The average Bonchev–Trinajstić information content (AvgIpc) is 3.18. The minimum Gasteiger partial charge on any atom is -0.422 e. The van der Waals surface area contributed by atoms with Gasteiger partial charge in [-0.3, -0.25) is 0 Å². The van der Waals surface area contributed by atoms with E-state index in [1.165, 1.54) is 6.33 Å². The van der Waals surface area contributed by atoms with Gasteiger partial charge in [0, 0.05) is 18.3 Å². The Morgan fingerprint density at radius 3 is 2.54 bits per heavy atom. The topological polar surface area (TPSA) is 104 Å². The van der Waals surface area contributed by atoms with E-state index >= 15 is 0 Å². The third kappa shape index (κ3) is 2.60. The SMILES string of the molecule is CC(C)c1nc2nc(CC(C)c3nc4cncnc4o3)cnc2o1. The minimum atomic E-state index is 0.0300. The van der Waals surface area contributed by atoms with Crippen molar-refractivity contribution >= 4 is 22.6 Å². The fraction of sp³-hybridized carbons (Fsp3) is 0.375. The Morgan fingerprint density at radius 2 is 1.75 bits per heavy atom. The van der Waals surface area contributed by atoms with Crippen molar-refractivity contribution in [3.8, 4) is 0 Å². The summed E-state index contributed by atoms with van der Waals surface area (Å²) in [5.41, 5.74) is 2.96. The lowest BCUT2D eigenvalue weighted by Gasteiger charge is -2.05. The highest BCUT2D eigenvalue weighted by Crippen LogP contribution is 2.23. The summed E-state index contributed by atoms with van der Waals surface area (Å²) >= 11 is 0. The molecular formula is C16H16N6O2. The predicted molar refractivity (Wildman–Crippen MR) is 85.4 cm³/mol. The van der Waals surface area contributed by atoms with E-state index in [9.17, 15) is 0 Å². The van der Waals surface area contributed by atoms with Crippen molar-refractivity contribution in [1.82, 2.24) is 29.9 Å². The van der Waals surface area contributed by atoms with Crippen LogP contribution in [0.5, 0.6) is 0 Å². The van der Waals surface area contributed by atoms with Gasteiger partial charge < -0.3 is 8.83 Å². The molecular weight excluding hydrogens is 308 g/mol. The summed E-state index contributed by atoms with van der Waals surface area (Å²) in [6.45, 7) is 6.06. The largest absolute Gasteiger partial charge is 0.422 e. The van der Waals surface area contributed by atoms with Crippen LogP contribution in [0.15, 0.2) is 27.6 Å². The molecule has 1 atom stereocenters. The Kier molecular flexibility index (Phi) is 3.44. The molecule has 0 aromatic carbocycles. The molecule has 4 aromatic rings. The van der Waals surface area contributed by atoms with Gasteiger partial charge in [-0.25, -0.2) is 19.9 Å². The lowest BCUT2D eigenvalue weighted by Crippen LogP contribution is -2.01. The van der Waals surface area contributed by atoms with Crippen LogP contribution in [0.25, 0.3) is 22.6 Å². The third-order valence-electron chi connectivity index (χ3n) is 3.71. The van der Waals surface area contributed by atoms with Crippen molar-refractivity contribution in [2.75, 3.05) is 0 Å². The predicted octanol–water partition coefficient (Wildman–Crippen LogP) is 3.02. The molecule has 0 saturated carbocycles. The molecule has 8 heteroatoms. The molecule has 0 amide bonds. The van der Waals surface area contributed by atoms with E-state index in [4.69, 9.17) is 8.83 Å². The first-order valence-electron chi connectivity index (χ1n) is 7.79. The zero-order valence-corrected chi connectivity index (χ0v) is 13.6. The van der Waals surface area contributed by atoms with E-state index in [1.807, 2.05) is 20.8 Å². The molecule has 4 heterocycles. The monoisotopic (exact) mass is 324 g/mol. The van der Waals surface area contributed by atoms with Crippen LogP contribution in [0.3, 0.4) is 0 Å². The molecule has 0 N–H and O–H groups in total. The van der Waals surface area contributed by atoms with Gasteiger partial charge in [-0.05, 0) is 0 Å². The van der Waals surface area contributed by atoms with Gasteiger partial charge in [0.05, 0.1) is 18.1 Å². The molecule has 0 saturated heterocycles. The van der Waals surface area contributed by atoms with E-state index in [0.29, 0.717) is 40.8 Å². The number of nitrogens with zero attached hydrogens (tertiary/aromatic N) is 6. The summed E-state index contributed by atoms with van der Waals surface area (Å²) in [5, 5.41) is 0. The number of oxazole rings is 2. The van der Waals surface area contributed by atoms with Gasteiger partial charge in [-0.15, -0.1) is 0 Å². The maximum atomic E-state index is 5.68. The quantitative estimate of drug-likeness (QED) is 0.564. The van der Waals surface area contributed by atoms with Gasteiger partial charge >= 0.3 is 0 Å². The van der Waals surface area contributed by atoms with Crippen molar-refractivity contribution < 1.29 is 8.83 Å². The van der Waals surface area contributed by atoms with Crippen molar-refractivity contribution in [2.45, 2.75) is 39.0 Å². The first kappa shape index (κ1) is 14.7. The van der Waals surface area contributed by atoms with Gasteiger partial charge in [0.15, 0.2) is 0 Å². The number of fused-ring (bicyclic) bond motifs is 2. The molecule has 24 heavy (non-hydrogen) atoms. The molecule has 0 spiro atoms. The summed E-state index contributed by atoms with van der Waals surface area (Å²) in [5.74, 6) is 1.48. The van der Waals surface area contributed by atoms with Crippen LogP contribution >= 0.6 is 0 Å². The van der Waals surface area contributed by atoms with Crippen molar-refractivity contribution in [2.24, 2.45) is 0 Å². The fourth-order valence-electron chi connectivity index (χ4n) is 2.44. The second-order valence-corrected chi connectivity index (χ2v) is 6.07. The number of rotatable bonds is 4. The molecule has 1 unspecified atom stereocenters. The van der Waals surface area contributed by atoms with Crippen LogP contribution in [0.1, 0.15) is 50.1 Å². The summed E-state index contributed by atoms with van der Waals surface area (Å²) in [6, 6.07) is 0. The molecule has 0 aliphatic carbocycles. The third-order valence-corrected chi connectivity index (χ3v) is 3.71. The Balaban J connectivity index is 1.60. The number of hydrogen-bond donors (Lipinski definition) is 0. The molecule has 8 nitrogen and oxygen atoms in total. The lowest BCUT2D eigenvalue weighted by molar-refractivity contribution is 0.476. The standard InChI is InChI=1S/C16H16N6O2/c1-8(2)13-22-12-16(23-13)18-5-10(20-12)4-9(3)14-21-11-6-17-7-19-15(11)24-14/h5-9H,4H2,1-3H3. The van der Waals surface area contributed by atoms with Crippen LogP contribution in [-0.4, -0.2) is 29.9 Å². The van der Waals surface area contributed by atoms with Crippen molar-refractivity contribution in [3.63, 3.8) is 0 Å². The molecule has 0 aliphatic rings. The van der Waals surface area contributed by atoms with E-state index in [2.05, 4.69) is 29.9 Å². The second-order valence-electron chi connectivity index (χ2n) is 6.07. The lowest BCUT2D eigenvalue weighted by atomic mass is 10.1. The van der Waals surface area contributed by atoms with Crippen LogP contribution in [0, 0.1) is 0 Å². The summed E-state index contributed by atoms with van der Waals surface area (Å²) in [7, 11) is 0. The van der Waals surface area contributed by atoms with Crippen LogP contribution < -0.4 is 0 Å². The van der Waals surface area contributed by atoms with E-state index in [1.54, 1.807) is 12.4 Å². The Hall–Kier alpha value is -2.90. The normalized spacial score (nSPS) is 13.2. The van der Waals surface area contributed by atoms with Gasteiger partial charge in [0.2, 0.25) is 23.1 Å². The fourth-order valence-corrected chi connectivity index (χ4v) is 2.44. The van der Waals surface area contributed by atoms with E-state index in [-0.39, 0.29) is 11.8 Å². The molecule has 122 valence electrons. The molecule has 0 aliphatic heterocycles. The summed E-state index contributed by atoms with van der Waals surface area (Å²) in [4.78, 5) is 25.7. The smallest absolute Gasteiger partial charge is 0.266 e. The Morgan fingerprint density at radius 1 is 0.917 bits per heavy atom. The van der Waals surface area contributed by atoms with Gasteiger partial charge in [0.25, 0.3) is 5.71 Å². The zero-order chi connectivity index (χ0) is 16.7. The Bertz CT molecular complexity index is 973. The van der Waals surface area contributed by atoms with Gasteiger partial charge in [-0.1, -0.05) is 20.8 Å². The molecule has 0 bridgehead atoms. The Labute approximate surface area is 137 Å². The van der Waals surface area contributed by atoms with Crippen molar-refractivity contribution in [3.05, 3.63) is 36.2 Å². The van der Waals surface area contributed by atoms with Crippen LogP contribution in [-0.2, 0) is 6.42 Å². The van der Waals surface area contributed by atoms with Crippen LogP contribution in [0.2, 0.25) is 0 Å². The number of aromatic nitrogens is 6. The minimum absolute atomic E-state index is 0.0300. The maximum absolute atomic E-state index is 5.68. The van der Waals surface area contributed by atoms with Gasteiger partial charge in [0.1, 0.15) is 11.8 Å². The first-order chi connectivity index (χ1) is 11.6. The number of hydrogen-bond acceptors (Lipinski definition) is 8. The maximum Gasteiger partial charge on any atom is 0.266 e. The average molecular weight is 324 g/mol. The van der Waals surface area contributed by atoms with E-state index in [0.717, 1.165) is 5.69 Å². The highest BCUT2D eigenvalue weighted by molar-refractivity contribution is 5.66. The first-order valence-corrected chi connectivity index (χ1v) is 7.79.